The van der Waals surface area contributed by atoms with Crippen molar-refractivity contribution < 1.29 is 0 Å². The van der Waals surface area contributed by atoms with Gasteiger partial charge in [0.1, 0.15) is 0 Å². The minimum absolute atomic E-state index is 0.839. The molecule has 0 spiro atoms. The predicted octanol–water partition coefficient (Wildman–Crippen LogP) is 8.71. The monoisotopic (exact) mass is 431 g/mol. The lowest BCUT2D eigenvalue weighted by molar-refractivity contribution is 0.603. The first-order valence-corrected chi connectivity index (χ1v) is 15.0. The van der Waals surface area contributed by atoms with Crippen molar-refractivity contribution in [1.82, 2.24) is 5.32 Å². The molecule has 0 amide bonds. The quantitative estimate of drug-likeness (QED) is 0.153. The van der Waals surface area contributed by atoms with Gasteiger partial charge in [0.25, 0.3) is 0 Å². The highest BCUT2D eigenvalue weighted by atomic mass is 32.2. The van der Waals surface area contributed by atoms with Crippen LogP contribution in [0.15, 0.2) is 0 Å². The summed E-state index contributed by atoms with van der Waals surface area (Å²) < 4.78 is 0. The molecule has 0 rings (SSSR count). The molecular formula is C25H53NS2. The van der Waals surface area contributed by atoms with E-state index in [-0.39, 0.29) is 0 Å². The summed E-state index contributed by atoms with van der Waals surface area (Å²) in [6.07, 6.45) is 22.6. The Morgan fingerprint density at radius 2 is 1.11 bits per heavy atom. The van der Waals surface area contributed by atoms with E-state index >= 15 is 0 Å². The van der Waals surface area contributed by atoms with Gasteiger partial charge in [0, 0.05) is 24.1 Å². The third-order valence-electron chi connectivity index (χ3n) is 5.42. The van der Waals surface area contributed by atoms with E-state index in [1.807, 2.05) is 0 Å². The van der Waals surface area contributed by atoms with Crippen LogP contribution in [0.25, 0.3) is 0 Å². The maximum Gasteiger partial charge on any atom is 0.0172 e. The first-order chi connectivity index (χ1) is 13.8. The molecule has 0 bridgehead atoms. The molecule has 0 radical (unpaired) electrons. The zero-order chi connectivity index (χ0) is 20.5. The molecule has 170 valence electrons. The summed E-state index contributed by atoms with van der Waals surface area (Å²) in [7, 11) is 0. The molecule has 0 heterocycles. The van der Waals surface area contributed by atoms with Gasteiger partial charge in [-0.2, -0.15) is 23.5 Å². The van der Waals surface area contributed by atoms with Crippen molar-refractivity contribution in [3.05, 3.63) is 0 Å². The van der Waals surface area contributed by atoms with Gasteiger partial charge in [-0.15, -0.1) is 0 Å². The first-order valence-electron chi connectivity index (χ1n) is 12.7. The Bertz CT molecular complexity index is 273. The summed E-state index contributed by atoms with van der Waals surface area (Å²) in [5.41, 5.74) is 0. The van der Waals surface area contributed by atoms with Crippen molar-refractivity contribution in [2.24, 2.45) is 0 Å². The van der Waals surface area contributed by atoms with Crippen molar-refractivity contribution in [3.8, 4) is 0 Å². The lowest BCUT2D eigenvalue weighted by Crippen LogP contribution is -2.27. The van der Waals surface area contributed by atoms with Crippen LogP contribution in [0.3, 0.4) is 0 Å². The molecule has 0 aliphatic heterocycles. The molecule has 0 aromatic rings. The molecule has 0 aliphatic rings. The van der Waals surface area contributed by atoms with Crippen LogP contribution in [-0.2, 0) is 0 Å². The lowest BCUT2D eigenvalue weighted by atomic mass is 10.1. The molecule has 0 aromatic heterocycles. The summed E-state index contributed by atoms with van der Waals surface area (Å²) in [5.74, 6) is 4.02. The van der Waals surface area contributed by atoms with Crippen LogP contribution in [0.1, 0.15) is 124 Å². The SMILES string of the molecule is CCCCCCCCSCCNCC(CCCCC)SCCCCCCCC. The molecule has 28 heavy (non-hydrogen) atoms. The van der Waals surface area contributed by atoms with Gasteiger partial charge in [0.05, 0.1) is 0 Å². The summed E-state index contributed by atoms with van der Waals surface area (Å²) in [6, 6.07) is 0. The van der Waals surface area contributed by atoms with Crippen molar-refractivity contribution >= 4 is 23.5 Å². The highest BCUT2D eigenvalue weighted by Crippen LogP contribution is 2.20. The second-order valence-electron chi connectivity index (χ2n) is 8.34. The van der Waals surface area contributed by atoms with Gasteiger partial charge < -0.3 is 5.32 Å². The molecule has 1 atom stereocenters. The summed E-state index contributed by atoms with van der Waals surface area (Å²) in [5, 5.41) is 4.60. The van der Waals surface area contributed by atoms with Gasteiger partial charge >= 0.3 is 0 Å². The van der Waals surface area contributed by atoms with Crippen molar-refractivity contribution in [3.63, 3.8) is 0 Å². The number of hydrogen-bond donors (Lipinski definition) is 1. The van der Waals surface area contributed by atoms with Gasteiger partial charge in [-0.3, -0.25) is 0 Å². The van der Waals surface area contributed by atoms with Crippen LogP contribution in [-0.4, -0.2) is 35.6 Å². The third-order valence-corrected chi connectivity index (χ3v) is 7.89. The second-order valence-corrected chi connectivity index (χ2v) is 11.0. The Labute approximate surface area is 187 Å². The van der Waals surface area contributed by atoms with E-state index in [4.69, 9.17) is 0 Å². The third kappa shape index (κ3) is 22.9. The fourth-order valence-corrected chi connectivity index (χ4v) is 5.67. The number of thioether (sulfide) groups is 2. The van der Waals surface area contributed by atoms with E-state index in [0.717, 1.165) is 5.25 Å². The van der Waals surface area contributed by atoms with E-state index < -0.39 is 0 Å². The van der Waals surface area contributed by atoms with Crippen LogP contribution >= 0.6 is 23.5 Å². The maximum atomic E-state index is 3.76. The minimum Gasteiger partial charge on any atom is -0.315 e. The molecule has 1 N–H and O–H groups in total. The zero-order valence-electron chi connectivity index (χ0n) is 19.7. The average molecular weight is 432 g/mol. The summed E-state index contributed by atoms with van der Waals surface area (Å²) in [4.78, 5) is 0. The van der Waals surface area contributed by atoms with E-state index in [1.54, 1.807) is 0 Å². The van der Waals surface area contributed by atoms with Gasteiger partial charge in [-0.1, -0.05) is 104 Å². The normalized spacial score (nSPS) is 12.5. The van der Waals surface area contributed by atoms with Crippen LogP contribution in [0, 0.1) is 0 Å². The van der Waals surface area contributed by atoms with Crippen LogP contribution in [0.4, 0.5) is 0 Å². The van der Waals surface area contributed by atoms with Crippen LogP contribution in [0.2, 0.25) is 0 Å². The maximum absolute atomic E-state index is 3.76. The fraction of sp³-hybridized carbons (Fsp3) is 1.00. The van der Waals surface area contributed by atoms with Crippen LogP contribution < -0.4 is 5.32 Å². The summed E-state index contributed by atoms with van der Waals surface area (Å²) >= 11 is 4.40. The van der Waals surface area contributed by atoms with Crippen molar-refractivity contribution in [2.45, 2.75) is 129 Å². The lowest BCUT2D eigenvalue weighted by Gasteiger charge is -2.17. The van der Waals surface area contributed by atoms with Crippen LogP contribution in [0.5, 0.6) is 0 Å². The number of unbranched alkanes of at least 4 members (excludes halogenated alkanes) is 12. The number of rotatable bonds is 24. The smallest absolute Gasteiger partial charge is 0.0172 e. The Kier molecular flexibility index (Phi) is 26.3. The average Bonchev–Trinajstić information content (AvgIpc) is 2.71. The van der Waals surface area contributed by atoms with E-state index in [2.05, 4.69) is 49.6 Å². The van der Waals surface area contributed by atoms with Gasteiger partial charge in [0.15, 0.2) is 0 Å². The Morgan fingerprint density at radius 3 is 1.75 bits per heavy atom. The molecular weight excluding hydrogens is 378 g/mol. The molecule has 0 fully saturated rings. The molecule has 0 saturated carbocycles. The standard InChI is InChI=1S/C25H53NS2/c1-4-7-10-12-14-17-21-27-23-20-26-24-25(19-16-9-6-3)28-22-18-15-13-11-8-5-2/h25-26H,4-24H2,1-3H3. The predicted molar refractivity (Wildman–Crippen MR) is 137 cm³/mol. The molecule has 3 heteroatoms. The molecule has 0 aromatic carbocycles. The van der Waals surface area contributed by atoms with E-state index in [1.165, 1.54) is 133 Å². The molecule has 0 saturated heterocycles. The molecule has 1 nitrogen and oxygen atoms in total. The van der Waals surface area contributed by atoms with Gasteiger partial charge in [-0.25, -0.2) is 0 Å². The first kappa shape index (κ1) is 28.7. The van der Waals surface area contributed by atoms with Gasteiger partial charge in [0.2, 0.25) is 0 Å². The summed E-state index contributed by atoms with van der Waals surface area (Å²) in [6.45, 7) is 9.34. The fourth-order valence-electron chi connectivity index (χ4n) is 3.49. The molecule has 1 unspecified atom stereocenters. The number of hydrogen-bond acceptors (Lipinski definition) is 3. The molecule has 0 aliphatic carbocycles. The number of nitrogens with one attached hydrogen (secondary N) is 1. The Morgan fingerprint density at radius 1 is 0.571 bits per heavy atom. The largest absolute Gasteiger partial charge is 0.315 e. The van der Waals surface area contributed by atoms with E-state index in [0.29, 0.717) is 0 Å². The topological polar surface area (TPSA) is 12.0 Å². The Hall–Kier alpha value is 0.660. The second kappa shape index (κ2) is 25.7. The van der Waals surface area contributed by atoms with Gasteiger partial charge in [-0.05, 0) is 30.8 Å². The minimum atomic E-state index is 0.839. The Balaban J connectivity index is 3.59. The highest BCUT2D eigenvalue weighted by Gasteiger charge is 2.08. The van der Waals surface area contributed by atoms with Crippen molar-refractivity contribution in [2.75, 3.05) is 30.3 Å². The van der Waals surface area contributed by atoms with Crippen molar-refractivity contribution in [1.29, 1.82) is 0 Å². The van der Waals surface area contributed by atoms with E-state index in [9.17, 15) is 0 Å². The zero-order valence-corrected chi connectivity index (χ0v) is 21.4. The highest BCUT2D eigenvalue weighted by molar-refractivity contribution is 8.00.